The highest BCUT2D eigenvalue weighted by atomic mass is 19.1. The Bertz CT molecular complexity index is 956. The van der Waals surface area contributed by atoms with Crippen LogP contribution in [0, 0.1) is 5.41 Å². The van der Waals surface area contributed by atoms with Crippen LogP contribution < -0.4 is 15.4 Å². The summed E-state index contributed by atoms with van der Waals surface area (Å²) in [6, 6.07) is 5.08. The molecule has 1 aliphatic heterocycles. The molecular weight excluding hydrogens is 445 g/mol. The number of hydrogen-bond acceptors (Lipinski definition) is 5. The standard InChI is InChI=1S/C24H32FN3O6/c1-23(2,3)19(27-22(33)24(25)10-11-24)21(32)28-12-6-8-16(28)20(31)26-13-15-7-4-5-9-17(15)34-14-18(29)30/h4-5,7,9,16,19H,6,8,10-14H2,1-3H3,(H,26,31)(H,27,33)(H,29,30). The van der Waals surface area contributed by atoms with Crippen LogP contribution in [0.3, 0.4) is 0 Å². The maximum atomic E-state index is 14.2. The minimum absolute atomic E-state index is 0.0942. The number of para-hydroxylation sites is 1. The third-order valence-corrected chi connectivity index (χ3v) is 6.10. The number of nitrogens with zero attached hydrogens (tertiary/aromatic N) is 1. The average molecular weight is 478 g/mol. The maximum absolute atomic E-state index is 14.2. The van der Waals surface area contributed by atoms with Gasteiger partial charge in [-0.05, 0) is 37.2 Å². The molecule has 186 valence electrons. The monoisotopic (exact) mass is 477 g/mol. The summed E-state index contributed by atoms with van der Waals surface area (Å²) in [5, 5.41) is 14.2. The summed E-state index contributed by atoms with van der Waals surface area (Å²) in [7, 11) is 0. The summed E-state index contributed by atoms with van der Waals surface area (Å²) in [5.41, 5.74) is -1.98. The van der Waals surface area contributed by atoms with Gasteiger partial charge in [0, 0.05) is 18.7 Å². The Morgan fingerprint density at radius 3 is 2.53 bits per heavy atom. The first-order chi connectivity index (χ1) is 15.9. The van der Waals surface area contributed by atoms with E-state index in [9.17, 15) is 23.6 Å². The minimum Gasteiger partial charge on any atom is -0.482 e. The Kier molecular flexibility index (Phi) is 7.48. The highest BCUT2D eigenvalue weighted by Gasteiger charge is 2.53. The van der Waals surface area contributed by atoms with Gasteiger partial charge in [-0.3, -0.25) is 14.4 Å². The molecule has 0 bridgehead atoms. The number of halogens is 1. The molecule has 10 heteroatoms. The van der Waals surface area contributed by atoms with Crippen molar-refractivity contribution in [3.8, 4) is 5.75 Å². The van der Waals surface area contributed by atoms with Crippen LogP contribution in [0.15, 0.2) is 24.3 Å². The Labute approximate surface area is 198 Å². The van der Waals surface area contributed by atoms with Crippen LogP contribution in [0.25, 0.3) is 0 Å². The number of aliphatic carboxylic acids is 1. The molecule has 2 unspecified atom stereocenters. The molecular formula is C24H32FN3O6. The van der Waals surface area contributed by atoms with Crippen molar-refractivity contribution < 1.29 is 33.4 Å². The number of amides is 3. The molecule has 3 rings (SSSR count). The van der Waals surface area contributed by atoms with Crippen LogP contribution in [0.4, 0.5) is 4.39 Å². The Morgan fingerprint density at radius 1 is 1.24 bits per heavy atom. The van der Waals surface area contributed by atoms with Crippen LogP contribution >= 0.6 is 0 Å². The van der Waals surface area contributed by atoms with E-state index < -0.39 is 47.6 Å². The predicted molar refractivity (Wildman–Crippen MR) is 121 cm³/mol. The van der Waals surface area contributed by atoms with Crippen LogP contribution in [0.5, 0.6) is 5.75 Å². The van der Waals surface area contributed by atoms with Crippen LogP contribution in [0.1, 0.15) is 52.0 Å². The number of carboxylic acid groups (broad SMARTS) is 1. The van der Waals surface area contributed by atoms with Crippen molar-refractivity contribution >= 4 is 23.7 Å². The van der Waals surface area contributed by atoms with Crippen molar-refractivity contribution in [3.05, 3.63) is 29.8 Å². The maximum Gasteiger partial charge on any atom is 0.341 e. The van der Waals surface area contributed by atoms with Gasteiger partial charge in [-0.1, -0.05) is 39.0 Å². The third kappa shape index (κ3) is 6.03. The van der Waals surface area contributed by atoms with Crippen molar-refractivity contribution in [2.45, 2.75) is 70.8 Å². The molecule has 1 aromatic rings. The molecule has 2 aliphatic rings. The van der Waals surface area contributed by atoms with Crippen LogP contribution in [0.2, 0.25) is 0 Å². The second-order valence-electron chi connectivity index (χ2n) is 9.94. The van der Waals surface area contributed by atoms with Crippen molar-refractivity contribution in [3.63, 3.8) is 0 Å². The number of ether oxygens (including phenoxy) is 1. The van der Waals surface area contributed by atoms with E-state index >= 15 is 0 Å². The number of hydrogen-bond donors (Lipinski definition) is 3. The molecule has 0 aromatic heterocycles. The van der Waals surface area contributed by atoms with E-state index in [2.05, 4.69) is 10.6 Å². The normalized spacial score (nSPS) is 19.8. The summed E-state index contributed by atoms with van der Waals surface area (Å²) < 4.78 is 19.5. The van der Waals surface area contributed by atoms with E-state index in [1.165, 1.54) is 4.90 Å². The van der Waals surface area contributed by atoms with Gasteiger partial charge >= 0.3 is 5.97 Å². The lowest BCUT2D eigenvalue weighted by molar-refractivity contribution is -0.144. The van der Waals surface area contributed by atoms with Gasteiger partial charge in [0.25, 0.3) is 5.91 Å². The van der Waals surface area contributed by atoms with Gasteiger partial charge in [-0.25, -0.2) is 9.18 Å². The van der Waals surface area contributed by atoms with Gasteiger partial charge in [-0.2, -0.15) is 0 Å². The molecule has 1 saturated carbocycles. The topological polar surface area (TPSA) is 125 Å². The number of alkyl halides is 1. The fourth-order valence-electron chi connectivity index (χ4n) is 3.95. The molecule has 0 spiro atoms. The van der Waals surface area contributed by atoms with E-state index in [1.807, 2.05) is 0 Å². The second-order valence-corrected chi connectivity index (χ2v) is 9.94. The quantitative estimate of drug-likeness (QED) is 0.498. The van der Waals surface area contributed by atoms with E-state index in [0.29, 0.717) is 30.7 Å². The largest absolute Gasteiger partial charge is 0.482 e. The molecule has 2 atom stereocenters. The average Bonchev–Trinajstić information content (AvgIpc) is 3.33. The molecule has 3 N–H and O–H groups in total. The highest BCUT2D eigenvalue weighted by molar-refractivity contribution is 5.95. The Balaban J connectivity index is 1.67. The van der Waals surface area contributed by atoms with Crippen LogP contribution in [-0.2, 0) is 25.7 Å². The molecule has 1 saturated heterocycles. The van der Waals surface area contributed by atoms with Gasteiger partial charge in [0.2, 0.25) is 11.8 Å². The number of carboxylic acids is 1. The number of likely N-dealkylation sites (tertiary alicyclic amines) is 1. The molecule has 0 radical (unpaired) electrons. The summed E-state index contributed by atoms with van der Waals surface area (Å²) in [5.74, 6) is -2.31. The minimum atomic E-state index is -1.90. The zero-order chi connectivity index (χ0) is 25.1. The summed E-state index contributed by atoms with van der Waals surface area (Å²) >= 11 is 0. The summed E-state index contributed by atoms with van der Waals surface area (Å²) in [6.45, 7) is 5.30. The van der Waals surface area contributed by atoms with Gasteiger partial charge in [0.15, 0.2) is 12.3 Å². The first-order valence-electron chi connectivity index (χ1n) is 11.4. The highest BCUT2D eigenvalue weighted by Crippen LogP contribution is 2.40. The first-order valence-corrected chi connectivity index (χ1v) is 11.4. The SMILES string of the molecule is CC(C)(C)C(NC(=O)C1(F)CC1)C(=O)N1CCCC1C(=O)NCc1ccccc1OCC(=O)O. The molecule has 1 aromatic carbocycles. The summed E-state index contributed by atoms with van der Waals surface area (Å²) in [6.07, 6.45) is 1.39. The smallest absolute Gasteiger partial charge is 0.341 e. The zero-order valence-corrected chi connectivity index (χ0v) is 19.7. The lowest BCUT2D eigenvalue weighted by Gasteiger charge is -2.35. The molecule has 3 amide bonds. The zero-order valence-electron chi connectivity index (χ0n) is 19.7. The number of carbonyl (C=O) groups is 4. The molecule has 1 heterocycles. The molecule has 9 nitrogen and oxygen atoms in total. The molecule has 1 aliphatic carbocycles. The number of carbonyl (C=O) groups excluding carboxylic acids is 3. The number of benzene rings is 1. The van der Waals surface area contributed by atoms with Crippen molar-refractivity contribution in [2.75, 3.05) is 13.2 Å². The van der Waals surface area contributed by atoms with E-state index in [4.69, 9.17) is 9.84 Å². The Hall–Kier alpha value is -3.17. The van der Waals surface area contributed by atoms with Crippen molar-refractivity contribution in [2.24, 2.45) is 5.41 Å². The summed E-state index contributed by atoms with van der Waals surface area (Å²) in [4.78, 5) is 51.0. The second kappa shape index (κ2) is 9.99. The van der Waals surface area contributed by atoms with Crippen molar-refractivity contribution in [1.29, 1.82) is 0 Å². The number of rotatable bonds is 9. The fraction of sp³-hybridized carbons (Fsp3) is 0.583. The van der Waals surface area contributed by atoms with E-state index in [0.717, 1.165) is 0 Å². The predicted octanol–water partition coefficient (Wildman–Crippen LogP) is 1.79. The van der Waals surface area contributed by atoms with Gasteiger partial charge in [0.1, 0.15) is 17.8 Å². The van der Waals surface area contributed by atoms with E-state index in [1.54, 1.807) is 45.0 Å². The van der Waals surface area contributed by atoms with Gasteiger partial charge < -0.3 is 25.4 Å². The first kappa shape index (κ1) is 25.5. The lowest BCUT2D eigenvalue weighted by atomic mass is 9.85. The van der Waals surface area contributed by atoms with E-state index in [-0.39, 0.29) is 25.3 Å². The Morgan fingerprint density at radius 2 is 1.91 bits per heavy atom. The van der Waals surface area contributed by atoms with Gasteiger partial charge in [0.05, 0.1) is 0 Å². The number of nitrogens with one attached hydrogen (secondary N) is 2. The molecule has 2 fully saturated rings. The van der Waals surface area contributed by atoms with Gasteiger partial charge in [-0.15, -0.1) is 0 Å². The van der Waals surface area contributed by atoms with Crippen LogP contribution in [-0.4, -0.2) is 64.6 Å². The van der Waals surface area contributed by atoms with Crippen molar-refractivity contribution in [1.82, 2.24) is 15.5 Å². The molecule has 34 heavy (non-hydrogen) atoms. The third-order valence-electron chi connectivity index (χ3n) is 6.10. The lowest BCUT2D eigenvalue weighted by Crippen LogP contribution is -2.58. The fourth-order valence-corrected chi connectivity index (χ4v) is 3.95.